The zero-order valence-electron chi connectivity index (χ0n) is 10.9. The van der Waals surface area contributed by atoms with E-state index < -0.39 is 0 Å². The van der Waals surface area contributed by atoms with Crippen LogP contribution in [0, 0.1) is 5.92 Å². The maximum atomic E-state index is 6.14. The highest BCUT2D eigenvalue weighted by Gasteiger charge is 2.28. The van der Waals surface area contributed by atoms with E-state index in [9.17, 15) is 0 Å². The lowest BCUT2D eigenvalue weighted by Gasteiger charge is -2.36. The van der Waals surface area contributed by atoms with Crippen LogP contribution in [0.2, 0.25) is 0 Å². The average Bonchev–Trinajstić information content (AvgIpc) is 2.65. The summed E-state index contributed by atoms with van der Waals surface area (Å²) in [5.41, 5.74) is 6.14. The lowest BCUT2D eigenvalue weighted by molar-refractivity contribution is 0.128. The van der Waals surface area contributed by atoms with E-state index in [0.29, 0.717) is 6.04 Å². The van der Waals surface area contributed by atoms with Crippen molar-refractivity contribution in [2.75, 3.05) is 33.7 Å². The third-order valence-corrected chi connectivity index (χ3v) is 4.50. The molecule has 2 rings (SSSR count). The van der Waals surface area contributed by atoms with Gasteiger partial charge in [0.1, 0.15) is 0 Å². The van der Waals surface area contributed by atoms with Crippen molar-refractivity contribution in [2.24, 2.45) is 11.7 Å². The van der Waals surface area contributed by atoms with Crippen molar-refractivity contribution in [3.63, 3.8) is 0 Å². The fourth-order valence-corrected chi connectivity index (χ4v) is 3.24. The molecular weight excluding hydrogens is 198 g/mol. The third kappa shape index (κ3) is 2.96. The quantitative estimate of drug-likeness (QED) is 0.782. The number of likely N-dealkylation sites (tertiary alicyclic amines) is 1. The Kier molecular flexibility index (Phi) is 4.22. The van der Waals surface area contributed by atoms with E-state index in [0.717, 1.165) is 12.0 Å². The summed E-state index contributed by atoms with van der Waals surface area (Å²) in [5, 5.41) is 0. The molecule has 94 valence electrons. The van der Waals surface area contributed by atoms with Crippen LogP contribution in [0.4, 0.5) is 0 Å². The normalized spacial score (nSPS) is 33.8. The van der Waals surface area contributed by atoms with Crippen LogP contribution >= 0.6 is 0 Å². The molecule has 1 saturated carbocycles. The van der Waals surface area contributed by atoms with Crippen LogP contribution in [0.1, 0.15) is 32.1 Å². The molecule has 0 aromatic carbocycles. The van der Waals surface area contributed by atoms with Gasteiger partial charge in [-0.05, 0) is 58.8 Å². The predicted molar refractivity (Wildman–Crippen MR) is 68.5 cm³/mol. The Morgan fingerprint density at radius 1 is 1.12 bits per heavy atom. The molecular formula is C13H27N3. The smallest absolute Gasteiger partial charge is 0.0113 e. The Morgan fingerprint density at radius 2 is 1.81 bits per heavy atom. The summed E-state index contributed by atoms with van der Waals surface area (Å²) in [6, 6.07) is 1.28. The SMILES string of the molecule is CN(C)C1CCN(CC2CCCC2N)CC1. The molecule has 0 spiro atoms. The van der Waals surface area contributed by atoms with Gasteiger partial charge in [-0.3, -0.25) is 0 Å². The van der Waals surface area contributed by atoms with Crippen LogP contribution in [0.25, 0.3) is 0 Å². The second-order valence-electron chi connectivity index (χ2n) is 5.85. The zero-order valence-corrected chi connectivity index (χ0v) is 10.9. The van der Waals surface area contributed by atoms with Gasteiger partial charge in [0.05, 0.1) is 0 Å². The summed E-state index contributed by atoms with van der Waals surface area (Å²) < 4.78 is 0. The highest BCUT2D eigenvalue weighted by Crippen LogP contribution is 2.26. The van der Waals surface area contributed by atoms with Crippen molar-refractivity contribution < 1.29 is 0 Å². The Bertz CT molecular complexity index is 209. The molecule has 2 fully saturated rings. The third-order valence-electron chi connectivity index (χ3n) is 4.50. The van der Waals surface area contributed by atoms with Gasteiger partial charge in [0, 0.05) is 18.6 Å². The molecule has 3 heteroatoms. The van der Waals surface area contributed by atoms with Crippen LogP contribution in [-0.2, 0) is 0 Å². The first-order valence-electron chi connectivity index (χ1n) is 6.81. The van der Waals surface area contributed by atoms with Crippen LogP contribution in [0.15, 0.2) is 0 Å². The number of nitrogens with zero attached hydrogens (tertiary/aromatic N) is 2. The van der Waals surface area contributed by atoms with Crippen LogP contribution < -0.4 is 5.73 Å². The number of hydrogen-bond donors (Lipinski definition) is 1. The minimum absolute atomic E-state index is 0.478. The zero-order chi connectivity index (χ0) is 11.5. The average molecular weight is 225 g/mol. The van der Waals surface area contributed by atoms with Gasteiger partial charge in [-0.25, -0.2) is 0 Å². The molecule has 2 aliphatic rings. The highest BCUT2D eigenvalue weighted by molar-refractivity contribution is 4.85. The van der Waals surface area contributed by atoms with Gasteiger partial charge in [-0.1, -0.05) is 6.42 Å². The summed E-state index contributed by atoms with van der Waals surface area (Å²) in [6.07, 6.45) is 6.61. The van der Waals surface area contributed by atoms with Gasteiger partial charge < -0.3 is 15.5 Å². The van der Waals surface area contributed by atoms with Crippen LogP contribution in [-0.4, -0.2) is 55.6 Å². The van der Waals surface area contributed by atoms with Gasteiger partial charge in [0.15, 0.2) is 0 Å². The van der Waals surface area contributed by atoms with Crippen molar-refractivity contribution in [2.45, 2.75) is 44.2 Å². The van der Waals surface area contributed by atoms with Gasteiger partial charge in [0.2, 0.25) is 0 Å². The lowest BCUT2D eigenvalue weighted by Crippen LogP contribution is -2.45. The van der Waals surface area contributed by atoms with Crippen molar-refractivity contribution in [3.8, 4) is 0 Å². The maximum Gasteiger partial charge on any atom is 0.0113 e. The monoisotopic (exact) mass is 225 g/mol. The molecule has 0 amide bonds. The largest absolute Gasteiger partial charge is 0.327 e. The van der Waals surface area contributed by atoms with Crippen molar-refractivity contribution in [1.29, 1.82) is 0 Å². The Morgan fingerprint density at radius 3 is 2.31 bits per heavy atom. The minimum atomic E-state index is 0.478. The highest BCUT2D eigenvalue weighted by atomic mass is 15.2. The maximum absolute atomic E-state index is 6.14. The second kappa shape index (κ2) is 5.48. The molecule has 2 unspecified atom stereocenters. The Hall–Kier alpha value is -0.120. The first kappa shape index (κ1) is 12.3. The fourth-order valence-electron chi connectivity index (χ4n) is 3.24. The molecule has 1 aliphatic heterocycles. The summed E-state index contributed by atoms with van der Waals surface area (Å²) in [4.78, 5) is 5.01. The van der Waals surface area contributed by atoms with Crippen molar-refractivity contribution in [1.82, 2.24) is 9.80 Å². The molecule has 1 heterocycles. The van der Waals surface area contributed by atoms with E-state index in [1.807, 2.05) is 0 Å². The molecule has 0 bridgehead atoms. The van der Waals surface area contributed by atoms with E-state index in [1.54, 1.807) is 0 Å². The summed E-state index contributed by atoms with van der Waals surface area (Å²) >= 11 is 0. The summed E-state index contributed by atoms with van der Waals surface area (Å²) in [6.45, 7) is 3.79. The van der Waals surface area contributed by atoms with E-state index >= 15 is 0 Å². The molecule has 16 heavy (non-hydrogen) atoms. The van der Waals surface area contributed by atoms with Crippen LogP contribution in [0.5, 0.6) is 0 Å². The topological polar surface area (TPSA) is 32.5 Å². The fraction of sp³-hybridized carbons (Fsp3) is 1.00. The van der Waals surface area contributed by atoms with Crippen molar-refractivity contribution in [3.05, 3.63) is 0 Å². The van der Waals surface area contributed by atoms with Crippen molar-refractivity contribution >= 4 is 0 Å². The molecule has 0 aromatic heterocycles. The molecule has 2 atom stereocenters. The number of rotatable bonds is 3. The second-order valence-corrected chi connectivity index (χ2v) is 5.85. The minimum Gasteiger partial charge on any atom is -0.327 e. The first-order valence-corrected chi connectivity index (χ1v) is 6.81. The molecule has 1 aliphatic carbocycles. The van der Waals surface area contributed by atoms with Crippen LogP contribution in [0.3, 0.4) is 0 Å². The summed E-state index contributed by atoms with van der Waals surface area (Å²) in [7, 11) is 4.40. The standard InChI is InChI=1S/C13H27N3/c1-15(2)12-6-8-16(9-7-12)10-11-4-3-5-13(11)14/h11-13H,3-10,14H2,1-2H3. The Labute approximate surface area is 100.0 Å². The van der Waals surface area contributed by atoms with E-state index in [4.69, 9.17) is 5.73 Å². The molecule has 2 N–H and O–H groups in total. The van der Waals surface area contributed by atoms with Gasteiger partial charge >= 0.3 is 0 Å². The molecule has 1 saturated heterocycles. The molecule has 3 nitrogen and oxygen atoms in total. The Balaban J connectivity index is 1.72. The van der Waals surface area contributed by atoms with E-state index in [-0.39, 0.29) is 0 Å². The van der Waals surface area contributed by atoms with Gasteiger partial charge in [0.25, 0.3) is 0 Å². The first-order chi connectivity index (χ1) is 7.66. The lowest BCUT2D eigenvalue weighted by atomic mass is 9.99. The molecule has 0 aromatic rings. The van der Waals surface area contributed by atoms with E-state index in [1.165, 1.54) is 51.7 Å². The number of nitrogens with two attached hydrogens (primary N) is 1. The van der Waals surface area contributed by atoms with Gasteiger partial charge in [-0.2, -0.15) is 0 Å². The summed E-state index contributed by atoms with van der Waals surface area (Å²) in [5.74, 6) is 0.774. The number of piperidine rings is 1. The predicted octanol–water partition coefficient (Wildman–Crippen LogP) is 1.14. The van der Waals surface area contributed by atoms with Gasteiger partial charge in [-0.15, -0.1) is 0 Å². The number of hydrogen-bond acceptors (Lipinski definition) is 3. The van der Waals surface area contributed by atoms with E-state index in [2.05, 4.69) is 23.9 Å². The molecule has 0 radical (unpaired) electrons.